The zero-order chi connectivity index (χ0) is 14.2. The molecule has 1 amide bonds. The molecule has 0 unspecified atom stereocenters. The quantitative estimate of drug-likeness (QED) is 0.630. The molecule has 2 aromatic rings. The predicted molar refractivity (Wildman–Crippen MR) is 85.3 cm³/mol. The molecule has 2 rings (SSSR count). The van der Waals surface area contributed by atoms with Crippen LogP contribution in [-0.4, -0.2) is 23.2 Å². The Morgan fingerprint density at radius 1 is 1.35 bits per heavy atom. The molecule has 0 bridgehead atoms. The van der Waals surface area contributed by atoms with E-state index in [9.17, 15) is 4.79 Å². The van der Waals surface area contributed by atoms with Gasteiger partial charge < -0.3 is 5.32 Å². The highest BCUT2D eigenvalue weighted by Gasteiger charge is 2.05. The monoisotopic (exact) mass is 306 g/mol. The molecule has 0 aliphatic rings. The third-order valence-electron chi connectivity index (χ3n) is 2.66. The number of nitrogens with zero attached hydrogens (tertiary/aromatic N) is 1. The van der Waals surface area contributed by atoms with Crippen molar-refractivity contribution in [3.05, 3.63) is 46.4 Å². The van der Waals surface area contributed by atoms with Crippen molar-refractivity contribution in [2.45, 2.75) is 24.7 Å². The van der Waals surface area contributed by atoms with Gasteiger partial charge in [0.1, 0.15) is 0 Å². The van der Waals surface area contributed by atoms with Crippen molar-refractivity contribution < 1.29 is 4.79 Å². The highest BCUT2D eigenvalue weighted by atomic mass is 32.2. The van der Waals surface area contributed by atoms with Crippen molar-refractivity contribution in [1.82, 2.24) is 10.3 Å². The lowest BCUT2D eigenvalue weighted by Gasteiger charge is -2.04. The molecule has 3 nitrogen and oxygen atoms in total. The zero-order valence-corrected chi connectivity index (χ0v) is 13.1. The van der Waals surface area contributed by atoms with Crippen molar-refractivity contribution in [3.8, 4) is 0 Å². The smallest absolute Gasteiger partial charge is 0.226 e. The van der Waals surface area contributed by atoms with Crippen LogP contribution in [0, 0.1) is 6.92 Å². The molecule has 0 atom stereocenters. The normalized spacial score (nSPS) is 10.4. The molecule has 0 radical (unpaired) electrons. The first-order chi connectivity index (χ1) is 9.74. The van der Waals surface area contributed by atoms with Crippen molar-refractivity contribution in [2.24, 2.45) is 0 Å². The van der Waals surface area contributed by atoms with E-state index in [2.05, 4.69) is 22.4 Å². The van der Waals surface area contributed by atoms with E-state index >= 15 is 0 Å². The van der Waals surface area contributed by atoms with E-state index in [0.717, 1.165) is 29.4 Å². The standard InChI is InChI=1S/C15H18N2OS2/c1-12-17-13(11-20-12)10-15(18)16-8-5-9-19-14-6-3-2-4-7-14/h2-4,6-7,11H,5,8-10H2,1H3,(H,16,18). The molecule has 0 aliphatic heterocycles. The molecule has 0 fully saturated rings. The number of carbonyl (C=O) groups excluding carboxylic acids is 1. The van der Waals surface area contributed by atoms with Crippen LogP contribution in [0.25, 0.3) is 0 Å². The topological polar surface area (TPSA) is 42.0 Å². The summed E-state index contributed by atoms with van der Waals surface area (Å²) >= 11 is 3.40. The number of benzene rings is 1. The first kappa shape index (κ1) is 15.1. The fraction of sp³-hybridized carbons (Fsp3) is 0.333. The van der Waals surface area contributed by atoms with E-state index in [-0.39, 0.29) is 5.91 Å². The fourth-order valence-electron chi connectivity index (χ4n) is 1.72. The minimum atomic E-state index is 0.0556. The number of hydrogen-bond acceptors (Lipinski definition) is 4. The number of aromatic nitrogens is 1. The summed E-state index contributed by atoms with van der Waals surface area (Å²) in [5.74, 6) is 1.07. The Balaban J connectivity index is 1.58. The van der Waals surface area contributed by atoms with Gasteiger partial charge in [0.15, 0.2) is 0 Å². The summed E-state index contributed by atoms with van der Waals surface area (Å²) in [6.45, 7) is 2.68. The highest BCUT2D eigenvalue weighted by Crippen LogP contribution is 2.17. The van der Waals surface area contributed by atoms with Gasteiger partial charge >= 0.3 is 0 Å². The summed E-state index contributed by atoms with van der Waals surface area (Å²) in [5, 5.41) is 5.89. The first-order valence-corrected chi connectivity index (χ1v) is 8.46. The molecular weight excluding hydrogens is 288 g/mol. The van der Waals surface area contributed by atoms with Crippen molar-refractivity contribution in [1.29, 1.82) is 0 Å². The molecule has 0 saturated heterocycles. The molecule has 106 valence electrons. The maximum Gasteiger partial charge on any atom is 0.226 e. The van der Waals surface area contributed by atoms with E-state index in [1.807, 2.05) is 42.3 Å². The van der Waals surface area contributed by atoms with E-state index in [1.54, 1.807) is 11.3 Å². The van der Waals surface area contributed by atoms with E-state index in [0.29, 0.717) is 6.42 Å². The average Bonchev–Trinajstić information content (AvgIpc) is 2.85. The number of hydrogen-bond donors (Lipinski definition) is 1. The summed E-state index contributed by atoms with van der Waals surface area (Å²) in [5.41, 5.74) is 0.865. The Morgan fingerprint density at radius 3 is 2.85 bits per heavy atom. The third-order valence-corrected chi connectivity index (χ3v) is 4.58. The average molecular weight is 306 g/mol. The maximum atomic E-state index is 11.7. The zero-order valence-electron chi connectivity index (χ0n) is 11.5. The van der Waals surface area contributed by atoms with Crippen LogP contribution in [0.15, 0.2) is 40.6 Å². The number of thioether (sulfide) groups is 1. The van der Waals surface area contributed by atoms with Crippen LogP contribution < -0.4 is 5.32 Å². The largest absolute Gasteiger partial charge is 0.356 e. The molecule has 1 aromatic carbocycles. The van der Waals surface area contributed by atoms with E-state index in [4.69, 9.17) is 0 Å². The molecule has 0 aliphatic carbocycles. The molecule has 0 spiro atoms. The van der Waals surface area contributed by atoms with Gasteiger partial charge in [-0.1, -0.05) is 18.2 Å². The molecule has 5 heteroatoms. The van der Waals surface area contributed by atoms with Gasteiger partial charge in [-0.25, -0.2) is 4.98 Å². The summed E-state index contributed by atoms with van der Waals surface area (Å²) in [6, 6.07) is 10.3. The lowest BCUT2D eigenvalue weighted by molar-refractivity contribution is -0.120. The van der Waals surface area contributed by atoms with Crippen LogP contribution >= 0.6 is 23.1 Å². The van der Waals surface area contributed by atoms with Crippen molar-refractivity contribution in [2.75, 3.05) is 12.3 Å². The van der Waals surface area contributed by atoms with Crippen molar-refractivity contribution in [3.63, 3.8) is 0 Å². The highest BCUT2D eigenvalue weighted by molar-refractivity contribution is 7.99. The van der Waals surface area contributed by atoms with Gasteiger partial charge in [-0.2, -0.15) is 0 Å². The second kappa shape index (κ2) is 8.07. The summed E-state index contributed by atoms with van der Waals surface area (Å²) < 4.78 is 0. The Morgan fingerprint density at radius 2 is 2.15 bits per heavy atom. The summed E-state index contributed by atoms with van der Waals surface area (Å²) in [4.78, 5) is 17.3. The van der Waals surface area contributed by atoms with E-state index in [1.165, 1.54) is 4.90 Å². The third kappa shape index (κ3) is 5.35. The second-order valence-electron chi connectivity index (χ2n) is 4.40. The molecule has 1 aromatic heterocycles. The summed E-state index contributed by atoms with van der Waals surface area (Å²) in [7, 11) is 0. The van der Waals surface area contributed by atoms with E-state index < -0.39 is 0 Å². The van der Waals surface area contributed by atoms with Crippen molar-refractivity contribution >= 4 is 29.0 Å². The molecular formula is C15H18N2OS2. The minimum Gasteiger partial charge on any atom is -0.356 e. The molecule has 1 N–H and O–H groups in total. The van der Waals surface area contributed by atoms with Gasteiger partial charge in [-0.3, -0.25) is 4.79 Å². The number of rotatable bonds is 7. The van der Waals surface area contributed by atoms with Crippen LogP contribution in [0.2, 0.25) is 0 Å². The Bertz CT molecular complexity index is 540. The SMILES string of the molecule is Cc1nc(CC(=O)NCCCSc2ccccc2)cs1. The van der Waals surface area contributed by atoms with Gasteiger partial charge in [-0.05, 0) is 31.2 Å². The predicted octanol–water partition coefficient (Wildman–Crippen LogP) is 3.29. The van der Waals surface area contributed by atoms with Crippen LogP contribution in [0.1, 0.15) is 17.1 Å². The lowest BCUT2D eigenvalue weighted by Crippen LogP contribution is -2.26. The Hall–Kier alpha value is -1.33. The molecule has 1 heterocycles. The maximum absolute atomic E-state index is 11.7. The molecule has 20 heavy (non-hydrogen) atoms. The number of amides is 1. The van der Waals surface area contributed by atoms with Crippen LogP contribution in [0.4, 0.5) is 0 Å². The fourth-order valence-corrected chi connectivity index (χ4v) is 3.21. The van der Waals surface area contributed by atoms with Gasteiger partial charge in [0.05, 0.1) is 17.1 Å². The van der Waals surface area contributed by atoms with Crippen LogP contribution in [-0.2, 0) is 11.2 Å². The minimum absolute atomic E-state index is 0.0556. The number of aryl methyl sites for hydroxylation is 1. The number of nitrogens with one attached hydrogen (secondary N) is 1. The first-order valence-electron chi connectivity index (χ1n) is 6.59. The number of thiazole rings is 1. The Labute approximate surface area is 127 Å². The number of carbonyl (C=O) groups is 1. The molecule has 0 saturated carbocycles. The Kier molecular flexibility index (Phi) is 6.08. The van der Waals surface area contributed by atoms with Gasteiger partial charge in [0, 0.05) is 16.8 Å². The van der Waals surface area contributed by atoms with Gasteiger partial charge in [0.25, 0.3) is 0 Å². The van der Waals surface area contributed by atoms with Crippen LogP contribution in [0.3, 0.4) is 0 Å². The van der Waals surface area contributed by atoms with Gasteiger partial charge in [0.2, 0.25) is 5.91 Å². The van der Waals surface area contributed by atoms with Crippen LogP contribution in [0.5, 0.6) is 0 Å². The lowest BCUT2D eigenvalue weighted by atomic mass is 10.3. The summed E-state index contributed by atoms with van der Waals surface area (Å²) in [6.07, 6.45) is 1.36. The van der Waals surface area contributed by atoms with Gasteiger partial charge in [-0.15, -0.1) is 23.1 Å². The second-order valence-corrected chi connectivity index (χ2v) is 6.63.